The summed E-state index contributed by atoms with van der Waals surface area (Å²) >= 11 is 1.54. The Kier molecular flexibility index (Phi) is 5.30. The maximum atomic E-state index is 12.5. The van der Waals surface area contributed by atoms with E-state index in [1.54, 1.807) is 17.6 Å². The normalized spacial score (nSPS) is 17.8. The molecule has 7 heteroatoms. The second kappa shape index (κ2) is 7.61. The number of carbonyl (C=O) groups is 2. The Bertz CT molecular complexity index is 695. The molecule has 0 aromatic carbocycles. The van der Waals surface area contributed by atoms with Gasteiger partial charge in [0.05, 0.1) is 17.0 Å². The summed E-state index contributed by atoms with van der Waals surface area (Å²) in [7, 11) is 0. The molecule has 0 bridgehead atoms. The number of carbonyl (C=O) groups excluding carboxylic acids is 1. The molecule has 1 aliphatic heterocycles. The average molecular weight is 348 g/mol. The van der Waals surface area contributed by atoms with E-state index in [9.17, 15) is 9.59 Å². The first-order valence-electron chi connectivity index (χ1n) is 8.09. The van der Waals surface area contributed by atoms with Crippen LogP contribution in [0.25, 0.3) is 10.8 Å². The van der Waals surface area contributed by atoms with Crippen LogP contribution < -0.4 is 0 Å². The van der Waals surface area contributed by atoms with E-state index in [-0.39, 0.29) is 24.7 Å². The smallest absolute Gasteiger partial charge is 0.303 e. The molecular formula is C17H20N2O4S. The molecule has 1 atom stereocenters. The molecule has 0 aliphatic carbocycles. The highest BCUT2D eigenvalue weighted by molar-refractivity contribution is 7.13. The summed E-state index contributed by atoms with van der Waals surface area (Å²) < 4.78 is 5.45. The second-order valence-corrected chi connectivity index (χ2v) is 7.03. The number of nitrogens with zero attached hydrogens (tertiary/aromatic N) is 2. The fraction of sp³-hybridized carbons (Fsp3) is 0.471. The van der Waals surface area contributed by atoms with E-state index in [2.05, 4.69) is 4.98 Å². The number of amides is 1. The van der Waals surface area contributed by atoms with Crippen molar-refractivity contribution in [2.75, 3.05) is 13.1 Å². The molecule has 2 aromatic heterocycles. The van der Waals surface area contributed by atoms with Gasteiger partial charge in [0.1, 0.15) is 6.26 Å². The largest absolute Gasteiger partial charge is 0.481 e. The molecule has 6 nitrogen and oxygen atoms in total. The summed E-state index contributed by atoms with van der Waals surface area (Å²) in [6.07, 6.45) is 4.48. The molecule has 0 saturated carbocycles. The van der Waals surface area contributed by atoms with E-state index < -0.39 is 5.97 Å². The van der Waals surface area contributed by atoms with Crippen molar-refractivity contribution in [3.8, 4) is 10.8 Å². The molecule has 2 aromatic rings. The molecule has 0 spiro atoms. The minimum absolute atomic E-state index is 0.0288. The van der Waals surface area contributed by atoms with Gasteiger partial charge in [-0.25, -0.2) is 4.98 Å². The van der Waals surface area contributed by atoms with E-state index in [1.807, 2.05) is 22.4 Å². The maximum absolute atomic E-state index is 12.5. The molecule has 1 amide bonds. The van der Waals surface area contributed by atoms with Gasteiger partial charge in [0.2, 0.25) is 11.8 Å². The van der Waals surface area contributed by atoms with Crippen LogP contribution in [0.1, 0.15) is 31.4 Å². The molecule has 128 valence electrons. The predicted molar refractivity (Wildman–Crippen MR) is 89.7 cm³/mol. The lowest BCUT2D eigenvalue weighted by molar-refractivity contribution is -0.137. The highest BCUT2D eigenvalue weighted by Gasteiger charge is 2.24. The zero-order valence-electron chi connectivity index (χ0n) is 13.3. The Balaban J connectivity index is 1.55. The van der Waals surface area contributed by atoms with Gasteiger partial charge in [-0.15, -0.1) is 11.3 Å². The molecule has 1 fully saturated rings. The monoisotopic (exact) mass is 348 g/mol. The van der Waals surface area contributed by atoms with Crippen molar-refractivity contribution in [2.24, 2.45) is 5.92 Å². The zero-order valence-corrected chi connectivity index (χ0v) is 14.1. The van der Waals surface area contributed by atoms with Gasteiger partial charge in [0, 0.05) is 19.5 Å². The van der Waals surface area contributed by atoms with Gasteiger partial charge in [0.15, 0.2) is 0 Å². The van der Waals surface area contributed by atoms with Crippen molar-refractivity contribution in [1.29, 1.82) is 0 Å². The quantitative estimate of drug-likeness (QED) is 0.867. The third-order valence-corrected chi connectivity index (χ3v) is 5.11. The number of hydrogen-bond donors (Lipinski definition) is 1. The molecule has 24 heavy (non-hydrogen) atoms. The van der Waals surface area contributed by atoms with Crippen molar-refractivity contribution in [2.45, 2.75) is 32.1 Å². The summed E-state index contributed by atoms with van der Waals surface area (Å²) in [5, 5.41) is 10.8. The summed E-state index contributed by atoms with van der Waals surface area (Å²) in [5.41, 5.74) is 0.635. The third kappa shape index (κ3) is 4.23. The summed E-state index contributed by atoms with van der Waals surface area (Å²) in [5.74, 6) is 0.0757. The molecule has 3 heterocycles. The summed E-state index contributed by atoms with van der Waals surface area (Å²) in [6, 6.07) is 3.86. The number of oxazole rings is 1. The molecule has 1 aliphatic rings. The summed E-state index contributed by atoms with van der Waals surface area (Å²) in [6.45, 7) is 1.37. The topological polar surface area (TPSA) is 83.6 Å². The van der Waals surface area contributed by atoms with Crippen molar-refractivity contribution < 1.29 is 19.1 Å². The van der Waals surface area contributed by atoms with Gasteiger partial charge in [0.25, 0.3) is 0 Å². The number of likely N-dealkylation sites (tertiary alicyclic amines) is 1. The summed E-state index contributed by atoms with van der Waals surface area (Å²) in [4.78, 5) is 30.3. The van der Waals surface area contributed by atoms with E-state index in [0.29, 0.717) is 24.6 Å². The zero-order chi connectivity index (χ0) is 16.9. The van der Waals surface area contributed by atoms with Gasteiger partial charge in [-0.05, 0) is 36.6 Å². The van der Waals surface area contributed by atoms with Crippen LogP contribution in [-0.2, 0) is 16.0 Å². The number of aromatic nitrogens is 1. The van der Waals surface area contributed by atoms with Crippen LogP contribution in [0.5, 0.6) is 0 Å². The van der Waals surface area contributed by atoms with E-state index >= 15 is 0 Å². The van der Waals surface area contributed by atoms with Crippen LogP contribution in [0.3, 0.4) is 0 Å². The van der Waals surface area contributed by atoms with Crippen molar-refractivity contribution in [1.82, 2.24) is 9.88 Å². The number of thiophene rings is 1. The SMILES string of the molecule is O=C(O)CCC1CCCN(C(=O)Cc2coc(-c3cccs3)n2)C1. The van der Waals surface area contributed by atoms with Crippen LogP contribution in [0.15, 0.2) is 28.2 Å². The van der Waals surface area contributed by atoms with Crippen molar-refractivity contribution in [3.05, 3.63) is 29.5 Å². The Labute approximate surface area is 144 Å². The van der Waals surface area contributed by atoms with E-state index in [4.69, 9.17) is 9.52 Å². The second-order valence-electron chi connectivity index (χ2n) is 6.08. The minimum atomic E-state index is -0.776. The van der Waals surface area contributed by atoms with Crippen LogP contribution >= 0.6 is 11.3 Å². The predicted octanol–water partition coefficient (Wildman–Crippen LogP) is 3.05. The van der Waals surface area contributed by atoms with Crippen LogP contribution in [0, 0.1) is 5.92 Å². The first kappa shape index (κ1) is 16.7. The van der Waals surface area contributed by atoms with Crippen LogP contribution in [0.2, 0.25) is 0 Å². The maximum Gasteiger partial charge on any atom is 0.303 e. The standard InChI is InChI=1S/C17H20N2O4S/c20-15(19-7-1-3-12(10-19)5-6-16(21)22)9-13-11-23-17(18-13)14-4-2-8-24-14/h2,4,8,11-12H,1,3,5-7,9-10H2,(H,21,22). The van der Waals surface area contributed by atoms with Crippen LogP contribution in [-0.4, -0.2) is 40.0 Å². The lowest BCUT2D eigenvalue weighted by Gasteiger charge is -2.32. The van der Waals surface area contributed by atoms with Crippen molar-refractivity contribution in [3.63, 3.8) is 0 Å². The van der Waals surface area contributed by atoms with Gasteiger partial charge >= 0.3 is 5.97 Å². The first-order valence-corrected chi connectivity index (χ1v) is 8.97. The molecular weight excluding hydrogens is 328 g/mol. The number of carboxylic acids is 1. The molecule has 3 rings (SSSR count). The molecule has 0 radical (unpaired) electrons. The van der Waals surface area contributed by atoms with E-state index in [1.165, 1.54) is 0 Å². The number of piperidine rings is 1. The minimum Gasteiger partial charge on any atom is -0.481 e. The average Bonchev–Trinajstić information content (AvgIpc) is 3.24. The highest BCUT2D eigenvalue weighted by Crippen LogP contribution is 2.25. The number of hydrogen-bond acceptors (Lipinski definition) is 5. The van der Waals surface area contributed by atoms with Crippen LogP contribution in [0.4, 0.5) is 0 Å². The number of aliphatic carboxylic acids is 1. The van der Waals surface area contributed by atoms with Gasteiger partial charge in [-0.3, -0.25) is 9.59 Å². The Hall–Kier alpha value is -2.15. The molecule has 1 N–H and O–H groups in total. The third-order valence-electron chi connectivity index (χ3n) is 4.25. The lowest BCUT2D eigenvalue weighted by atomic mass is 9.93. The highest BCUT2D eigenvalue weighted by atomic mass is 32.1. The first-order chi connectivity index (χ1) is 11.6. The lowest BCUT2D eigenvalue weighted by Crippen LogP contribution is -2.40. The Morgan fingerprint density at radius 2 is 2.33 bits per heavy atom. The van der Waals surface area contributed by atoms with Gasteiger partial charge in [-0.1, -0.05) is 6.07 Å². The van der Waals surface area contributed by atoms with Crippen molar-refractivity contribution >= 4 is 23.2 Å². The fourth-order valence-corrected chi connectivity index (χ4v) is 3.68. The molecule has 1 unspecified atom stereocenters. The van der Waals surface area contributed by atoms with E-state index in [0.717, 1.165) is 24.3 Å². The fourth-order valence-electron chi connectivity index (χ4n) is 3.02. The molecule has 1 saturated heterocycles. The Morgan fingerprint density at radius 3 is 3.08 bits per heavy atom. The Morgan fingerprint density at radius 1 is 1.46 bits per heavy atom. The van der Waals surface area contributed by atoms with Gasteiger partial charge in [-0.2, -0.15) is 0 Å². The number of carboxylic acid groups (broad SMARTS) is 1. The van der Waals surface area contributed by atoms with Gasteiger partial charge < -0.3 is 14.4 Å². The number of rotatable bonds is 6.